The first kappa shape index (κ1) is 59.0. The van der Waals surface area contributed by atoms with Gasteiger partial charge in [-0.15, -0.1) is 0 Å². The fraction of sp³-hybridized carbons (Fsp3) is 0.111. The first-order chi connectivity index (χ1) is 35.8. The van der Waals surface area contributed by atoms with E-state index >= 15 is 0 Å². The summed E-state index contributed by atoms with van der Waals surface area (Å²) in [5, 5.41) is 13.3. The van der Waals surface area contributed by atoms with E-state index in [0.717, 1.165) is 22.6 Å². The standard InChI is InChI=1S/C44H32P2.C19H26N2O2.BF4.ClH.Ru/c1-5-19-35(20-6-1)45(36-21-7-2-8-22-36)41-31-29-33-17-13-15-27-39(33)43(41)44-40-28-16-14-18-34(40)30-32-42(44)46(37-23-9-3-10-24-37)38-25-11-4-12-26-38;1-13(2)18(20)19(21,14-5-9-16(22-3)10-6-14)15-7-11-17(23-4)12-8-15;2-1(3,4)5;;/h1-32H;5-13,18H,20-21H2,1-4H3;;1H;/q;;-1;;+2/p-1. The van der Waals surface area contributed by atoms with E-state index in [1.807, 2.05) is 48.5 Å². The number of fused-ring (bicyclic) bond motifs is 2. The molecule has 0 amide bonds. The van der Waals surface area contributed by atoms with Crippen molar-refractivity contribution in [3.8, 4) is 22.6 Å². The van der Waals surface area contributed by atoms with E-state index in [0.29, 0.717) is 0 Å². The zero-order valence-corrected chi connectivity index (χ0v) is 46.7. The largest absolute Gasteiger partial charge is 2.00 e. The van der Waals surface area contributed by atoms with Gasteiger partial charge >= 0.3 is 26.7 Å². The molecule has 10 aromatic rings. The Balaban J connectivity index is 0.000000263. The quantitative estimate of drug-likeness (QED) is 0.0686. The van der Waals surface area contributed by atoms with Gasteiger partial charge in [0.25, 0.3) is 0 Å². The third-order valence-electron chi connectivity index (χ3n) is 13.0. The molecule has 0 aliphatic rings. The Hall–Kier alpha value is -6.20. The predicted octanol–water partition coefficient (Wildman–Crippen LogP) is 10.4. The van der Waals surface area contributed by atoms with Crippen molar-refractivity contribution < 1.29 is 58.6 Å². The molecule has 1 unspecified atom stereocenters. The molecule has 10 aromatic carbocycles. The van der Waals surface area contributed by atoms with Crippen LogP contribution in [0.2, 0.25) is 0 Å². The second-order valence-corrected chi connectivity index (χ2v) is 22.3. The number of ether oxygens (including phenoxy) is 2. The van der Waals surface area contributed by atoms with Crippen LogP contribution in [0.15, 0.2) is 243 Å². The van der Waals surface area contributed by atoms with Crippen molar-refractivity contribution in [1.29, 1.82) is 0 Å². The second-order valence-electron chi connectivity index (χ2n) is 18.0. The van der Waals surface area contributed by atoms with Crippen LogP contribution < -0.4 is 65.2 Å². The van der Waals surface area contributed by atoms with E-state index in [1.54, 1.807) is 14.2 Å². The van der Waals surface area contributed by atoms with E-state index in [2.05, 4.69) is 208 Å². The molecule has 0 bridgehead atoms. The summed E-state index contributed by atoms with van der Waals surface area (Å²) in [6.07, 6.45) is 0. The van der Waals surface area contributed by atoms with Gasteiger partial charge in [-0.05, 0) is 122 Å². The Morgan fingerprint density at radius 3 is 0.974 bits per heavy atom. The molecule has 76 heavy (non-hydrogen) atoms. The van der Waals surface area contributed by atoms with Crippen LogP contribution in [0.25, 0.3) is 32.7 Å². The van der Waals surface area contributed by atoms with E-state index in [-0.39, 0.29) is 43.8 Å². The molecular formula is C63H58BClF4N2O2P2Ru. The molecule has 1 atom stereocenters. The number of rotatable bonds is 13. The minimum absolute atomic E-state index is 0. The molecule has 10 rings (SSSR count). The summed E-state index contributed by atoms with van der Waals surface area (Å²) < 4.78 is 49.5. The average molecular weight is 1160 g/mol. The summed E-state index contributed by atoms with van der Waals surface area (Å²) in [7, 11) is -4.41. The second kappa shape index (κ2) is 27.2. The van der Waals surface area contributed by atoms with Crippen LogP contribution in [-0.2, 0) is 25.0 Å². The van der Waals surface area contributed by atoms with Crippen molar-refractivity contribution in [3.05, 3.63) is 254 Å². The van der Waals surface area contributed by atoms with Gasteiger partial charge in [0.2, 0.25) is 0 Å². The number of hydrogen-bond acceptors (Lipinski definition) is 4. The number of hydrogen-bond donors (Lipinski definition) is 2. The molecule has 4 nitrogen and oxygen atoms in total. The summed E-state index contributed by atoms with van der Waals surface area (Å²) in [5.41, 5.74) is 17.2. The maximum atomic E-state index is 9.75. The van der Waals surface area contributed by atoms with E-state index < -0.39 is 28.6 Å². The van der Waals surface area contributed by atoms with Gasteiger partial charge in [-0.2, -0.15) is 0 Å². The first-order valence-corrected chi connectivity index (χ1v) is 27.0. The molecule has 0 fully saturated rings. The van der Waals surface area contributed by atoms with Crippen LogP contribution in [0.4, 0.5) is 17.3 Å². The summed E-state index contributed by atoms with van der Waals surface area (Å²) in [6.45, 7) is 4.17. The van der Waals surface area contributed by atoms with Gasteiger partial charge in [-0.1, -0.05) is 232 Å². The van der Waals surface area contributed by atoms with Crippen molar-refractivity contribution in [2.24, 2.45) is 17.4 Å². The summed E-state index contributed by atoms with van der Waals surface area (Å²) in [4.78, 5) is 0. The van der Waals surface area contributed by atoms with Crippen LogP contribution in [-0.4, -0.2) is 27.5 Å². The van der Waals surface area contributed by atoms with Gasteiger partial charge in [0.15, 0.2) is 0 Å². The van der Waals surface area contributed by atoms with E-state index in [4.69, 9.17) is 20.9 Å². The molecule has 0 radical (unpaired) electrons. The molecule has 0 saturated carbocycles. The molecule has 0 saturated heterocycles. The minimum atomic E-state index is -6.00. The Kier molecular flexibility index (Phi) is 21.1. The van der Waals surface area contributed by atoms with Crippen molar-refractivity contribution in [2.75, 3.05) is 14.2 Å². The van der Waals surface area contributed by atoms with Crippen LogP contribution in [0, 0.1) is 5.92 Å². The first-order valence-electron chi connectivity index (χ1n) is 24.3. The number of benzene rings is 10. The third-order valence-corrected chi connectivity index (χ3v) is 17.9. The summed E-state index contributed by atoms with van der Waals surface area (Å²) in [6, 6.07) is 87.1. The van der Waals surface area contributed by atoms with Crippen LogP contribution in [0.1, 0.15) is 25.0 Å². The molecule has 0 heterocycles. The van der Waals surface area contributed by atoms with Crippen molar-refractivity contribution in [3.63, 3.8) is 0 Å². The monoisotopic (exact) mass is 1160 g/mol. The molecular weight excluding hydrogens is 1100 g/mol. The fourth-order valence-electron chi connectivity index (χ4n) is 9.39. The van der Waals surface area contributed by atoms with Gasteiger partial charge in [-0.3, -0.25) is 0 Å². The summed E-state index contributed by atoms with van der Waals surface area (Å²) >= 11 is 0. The number of nitrogens with two attached hydrogens (primary N) is 2. The molecule has 4 N–H and O–H groups in total. The molecule has 13 heteroatoms. The maximum absolute atomic E-state index is 9.75. The van der Waals surface area contributed by atoms with Gasteiger partial charge in [0, 0.05) is 6.04 Å². The Morgan fingerprint density at radius 2 is 0.697 bits per heavy atom. The van der Waals surface area contributed by atoms with Crippen LogP contribution >= 0.6 is 15.8 Å². The van der Waals surface area contributed by atoms with Crippen LogP contribution in [0.3, 0.4) is 0 Å². The smallest absolute Gasteiger partial charge is 1.00 e. The van der Waals surface area contributed by atoms with E-state index in [9.17, 15) is 17.3 Å². The zero-order chi connectivity index (χ0) is 52.2. The molecule has 0 spiro atoms. The maximum Gasteiger partial charge on any atom is 2.00 e. The van der Waals surface area contributed by atoms with Gasteiger partial charge in [0.1, 0.15) is 11.5 Å². The SMILES string of the molecule is COc1ccc(C(N)(c2ccc(OC)cc2)C(N)C(C)C)cc1.F[B-](F)(F)F.[Cl-].[Ru+2].c1ccc(P(c2ccccc2)c2ccc3ccccc3c2-c2c(P(c3ccccc3)c3ccccc3)ccc3ccccc23)cc1. The van der Waals surface area contributed by atoms with E-state index in [1.165, 1.54) is 64.5 Å². The van der Waals surface area contributed by atoms with Crippen molar-refractivity contribution in [1.82, 2.24) is 0 Å². The Labute approximate surface area is 465 Å². The minimum Gasteiger partial charge on any atom is -1.00 e. The number of halogens is 5. The van der Waals surface area contributed by atoms with Gasteiger partial charge < -0.3 is 50.6 Å². The normalized spacial score (nSPS) is 11.6. The zero-order valence-electron chi connectivity index (χ0n) is 42.4. The van der Waals surface area contributed by atoms with Crippen molar-refractivity contribution >= 4 is 76.5 Å². The predicted molar refractivity (Wildman–Crippen MR) is 308 cm³/mol. The van der Waals surface area contributed by atoms with Gasteiger partial charge in [-0.25, -0.2) is 0 Å². The molecule has 0 aromatic heterocycles. The number of methoxy groups -OCH3 is 2. The topological polar surface area (TPSA) is 70.5 Å². The Bertz CT molecular complexity index is 3090. The van der Waals surface area contributed by atoms with Crippen molar-refractivity contribution in [2.45, 2.75) is 25.4 Å². The molecule has 0 aliphatic carbocycles. The average Bonchev–Trinajstić information content (AvgIpc) is 3.48. The molecule has 0 aliphatic heterocycles. The van der Waals surface area contributed by atoms with Crippen LogP contribution in [0.5, 0.6) is 11.5 Å². The summed E-state index contributed by atoms with van der Waals surface area (Å²) in [5.74, 6) is 1.82. The Morgan fingerprint density at radius 1 is 0.421 bits per heavy atom. The molecule has 388 valence electrons. The fourth-order valence-corrected chi connectivity index (χ4v) is 14.3. The third kappa shape index (κ3) is 13.8. The van der Waals surface area contributed by atoms with Gasteiger partial charge in [0.05, 0.1) is 19.8 Å².